The molecule has 3 rings (SSSR count). The monoisotopic (exact) mass is 308 g/mol. The number of rotatable bonds is 2. The van der Waals surface area contributed by atoms with E-state index in [1.54, 1.807) is 6.20 Å². The predicted octanol–water partition coefficient (Wildman–Crippen LogP) is 5.02. The summed E-state index contributed by atoms with van der Waals surface area (Å²) >= 11 is 1.50. The first-order valence-electron chi connectivity index (χ1n) is 6.32. The molecule has 0 bridgehead atoms. The Bertz CT molecular complexity index is 780. The maximum atomic E-state index is 12.8. The Labute approximate surface area is 123 Å². The van der Waals surface area contributed by atoms with E-state index in [4.69, 9.17) is 0 Å². The summed E-state index contributed by atoms with van der Waals surface area (Å²) in [5, 5.41) is 2.94. The van der Waals surface area contributed by atoms with Crippen molar-refractivity contribution in [3.05, 3.63) is 47.6 Å². The molecule has 1 atom stereocenters. The summed E-state index contributed by atoms with van der Waals surface area (Å²) in [5.41, 5.74) is 1.29. The van der Waals surface area contributed by atoms with Crippen molar-refractivity contribution in [2.45, 2.75) is 19.0 Å². The quantitative estimate of drug-likeness (QED) is 0.664. The lowest BCUT2D eigenvalue weighted by atomic mass is 10.0. The molecule has 3 aromatic rings. The molecule has 0 saturated heterocycles. The van der Waals surface area contributed by atoms with E-state index in [1.165, 1.54) is 29.7 Å². The minimum absolute atomic E-state index is 0.197. The number of halogens is 3. The van der Waals surface area contributed by atoms with Gasteiger partial charge in [-0.2, -0.15) is 13.2 Å². The molecule has 0 amide bonds. The highest BCUT2D eigenvalue weighted by Gasteiger charge is 2.37. The van der Waals surface area contributed by atoms with Crippen molar-refractivity contribution in [2.24, 2.45) is 0 Å². The maximum absolute atomic E-state index is 12.8. The molecule has 1 unspecified atom stereocenters. The zero-order valence-corrected chi connectivity index (χ0v) is 11.9. The number of aromatic nitrogens is 2. The third-order valence-corrected chi connectivity index (χ3v) is 4.32. The second kappa shape index (κ2) is 5.11. The number of fused-ring (bicyclic) bond motifs is 1. The zero-order chi connectivity index (χ0) is 15.0. The molecule has 3 heterocycles. The van der Waals surface area contributed by atoms with Gasteiger partial charge >= 0.3 is 6.18 Å². The van der Waals surface area contributed by atoms with Crippen LogP contribution in [-0.4, -0.2) is 16.1 Å². The second-order valence-corrected chi connectivity index (χ2v) is 5.65. The van der Waals surface area contributed by atoms with Gasteiger partial charge in [-0.15, -0.1) is 11.3 Å². The number of thiophene rings is 1. The SMILES string of the molecule is CC(c1ccnc(-c2nccc3ccsc23)c1)C(F)(F)F. The van der Waals surface area contributed by atoms with Crippen molar-refractivity contribution in [1.82, 2.24) is 9.97 Å². The highest BCUT2D eigenvalue weighted by atomic mass is 32.1. The fraction of sp³-hybridized carbons (Fsp3) is 0.200. The number of hydrogen-bond donors (Lipinski definition) is 0. The van der Waals surface area contributed by atoms with Crippen LogP contribution in [0.1, 0.15) is 18.4 Å². The van der Waals surface area contributed by atoms with Crippen LogP contribution in [0.25, 0.3) is 21.5 Å². The van der Waals surface area contributed by atoms with Crippen molar-refractivity contribution in [1.29, 1.82) is 0 Å². The van der Waals surface area contributed by atoms with E-state index < -0.39 is 12.1 Å². The van der Waals surface area contributed by atoms with Gasteiger partial charge in [-0.1, -0.05) is 0 Å². The molecule has 0 spiro atoms. The lowest BCUT2D eigenvalue weighted by Gasteiger charge is -2.16. The molecular weight excluding hydrogens is 297 g/mol. The lowest BCUT2D eigenvalue weighted by Crippen LogP contribution is -2.17. The molecule has 0 saturated carbocycles. The van der Waals surface area contributed by atoms with Crippen molar-refractivity contribution in [3.8, 4) is 11.4 Å². The Hall–Kier alpha value is -1.95. The van der Waals surface area contributed by atoms with Gasteiger partial charge in [0.1, 0.15) is 5.69 Å². The van der Waals surface area contributed by atoms with Crippen LogP contribution >= 0.6 is 11.3 Å². The van der Waals surface area contributed by atoms with Gasteiger partial charge in [0, 0.05) is 12.4 Å². The van der Waals surface area contributed by atoms with E-state index >= 15 is 0 Å². The maximum Gasteiger partial charge on any atom is 0.395 e. The Morgan fingerprint density at radius 2 is 1.86 bits per heavy atom. The van der Waals surface area contributed by atoms with Crippen molar-refractivity contribution >= 4 is 21.4 Å². The molecule has 0 fully saturated rings. The highest BCUT2D eigenvalue weighted by Crippen LogP contribution is 2.36. The van der Waals surface area contributed by atoms with Gasteiger partial charge in [0.2, 0.25) is 0 Å². The summed E-state index contributed by atoms with van der Waals surface area (Å²) in [4.78, 5) is 8.46. The summed E-state index contributed by atoms with van der Waals surface area (Å²) in [6.07, 6.45) is -1.21. The van der Waals surface area contributed by atoms with Crippen LogP contribution in [-0.2, 0) is 0 Å². The molecule has 0 aromatic carbocycles. The summed E-state index contributed by atoms with van der Waals surface area (Å²) in [7, 11) is 0. The first-order chi connectivity index (χ1) is 9.97. The molecule has 2 nitrogen and oxygen atoms in total. The number of nitrogens with zero attached hydrogens (tertiary/aromatic N) is 2. The lowest BCUT2D eigenvalue weighted by molar-refractivity contribution is -0.146. The smallest absolute Gasteiger partial charge is 0.255 e. The molecule has 0 radical (unpaired) electrons. The minimum atomic E-state index is -4.26. The minimum Gasteiger partial charge on any atom is -0.255 e. The first-order valence-corrected chi connectivity index (χ1v) is 7.20. The molecule has 21 heavy (non-hydrogen) atoms. The normalized spacial score (nSPS) is 13.5. The standard InChI is InChI=1S/C15H11F3N2S/c1-9(15(16,17)18)11-3-5-19-12(8-11)13-14-10(2-6-20-13)4-7-21-14/h2-9H,1H3. The van der Waals surface area contributed by atoms with Gasteiger partial charge in [-0.05, 0) is 47.5 Å². The van der Waals surface area contributed by atoms with Crippen LogP contribution in [0.2, 0.25) is 0 Å². The Balaban J connectivity index is 2.10. The fourth-order valence-electron chi connectivity index (χ4n) is 2.11. The molecule has 108 valence electrons. The van der Waals surface area contributed by atoms with E-state index in [-0.39, 0.29) is 5.56 Å². The Morgan fingerprint density at radius 3 is 2.62 bits per heavy atom. The van der Waals surface area contributed by atoms with Gasteiger partial charge in [0.25, 0.3) is 0 Å². The third kappa shape index (κ3) is 2.63. The van der Waals surface area contributed by atoms with Gasteiger partial charge in [-0.3, -0.25) is 9.97 Å². The number of hydrogen-bond acceptors (Lipinski definition) is 3. The molecule has 0 aliphatic carbocycles. The number of alkyl halides is 3. The topological polar surface area (TPSA) is 25.8 Å². The van der Waals surface area contributed by atoms with Crippen LogP contribution in [0.3, 0.4) is 0 Å². The Morgan fingerprint density at radius 1 is 1.10 bits per heavy atom. The van der Waals surface area contributed by atoms with Gasteiger partial charge in [0.05, 0.1) is 16.3 Å². The van der Waals surface area contributed by atoms with E-state index in [0.717, 1.165) is 17.0 Å². The van der Waals surface area contributed by atoms with Crippen LogP contribution in [0.5, 0.6) is 0 Å². The summed E-state index contributed by atoms with van der Waals surface area (Å²) in [5.74, 6) is -1.53. The average Bonchev–Trinajstić information content (AvgIpc) is 2.94. The van der Waals surface area contributed by atoms with Gasteiger partial charge in [-0.25, -0.2) is 0 Å². The van der Waals surface area contributed by atoms with Crippen LogP contribution in [0.4, 0.5) is 13.2 Å². The van der Waals surface area contributed by atoms with E-state index in [2.05, 4.69) is 9.97 Å². The largest absolute Gasteiger partial charge is 0.395 e. The zero-order valence-electron chi connectivity index (χ0n) is 11.1. The Kier molecular flexibility index (Phi) is 3.41. The van der Waals surface area contributed by atoms with E-state index in [9.17, 15) is 13.2 Å². The van der Waals surface area contributed by atoms with Crippen molar-refractivity contribution in [2.75, 3.05) is 0 Å². The molecule has 6 heteroatoms. The molecule has 0 aliphatic heterocycles. The number of pyridine rings is 2. The fourth-order valence-corrected chi connectivity index (χ4v) is 3.00. The van der Waals surface area contributed by atoms with Crippen molar-refractivity contribution < 1.29 is 13.2 Å². The summed E-state index contributed by atoms with van der Waals surface area (Å²) < 4.78 is 39.4. The predicted molar refractivity (Wildman–Crippen MR) is 77.3 cm³/mol. The molecule has 3 aromatic heterocycles. The van der Waals surface area contributed by atoms with Crippen LogP contribution in [0.15, 0.2) is 42.0 Å². The van der Waals surface area contributed by atoms with Crippen LogP contribution < -0.4 is 0 Å². The van der Waals surface area contributed by atoms with E-state index in [1.807, 2.05) is 17.5 Å². The van der Waals surface area contributed by atoms with Gasteiger partial charge in [0.15, 0.2) is 0 Å². The summed E-state index contributed by atoms with van der Waals surface area (Å²) in [6, 6.07) is 6.70. The van der Waals surface area contributed by atoms with Gasteiger partial charge < -0.3 is 0 Å². The highest BCUT2D eigenvalue weighted by molar-refractivity contribution is 7.17. The van der Waals surface area contributed by atoms with E-state index in [0.29, 0.717) is 11.4 Å². The third-order valence-electron chi connectivity index (χ3n) is 3.39. The van der Waals surface area contributed by atoms with Crippen LogP contribution in [0, 0.1) is 0 Å². The first kappa shape index (κ1) is 14.0. The summed E-state index contributed by atoms with van der Waals surface area (Å²) in [6.45, 7) is 1.15. The second-order valence-electron chi connectivity index (χ2n) is 4.74. The molecule has 0 aliphatic rings. The molecule has 0 N–H and O–H groups in total. The van der Waals surface area contributed by atoms with Crippen molar-refractivity contribution in [3.63, 3.8) is 0 Å². The average molecular weight is 308 g/mol. The molecular formula is C15H11F3N2S.